The largest absolute Gasteiger partial charge is 0.382 e. The number of aliphatic hydroxyl groups excluding tert-OH is 2. The standard InChI is InChI=1S/C15H26O9/c1-7(16)10(19)11(22-4)12(23-5)14(24-6)15(21,9(3)18)13(20)8(2)17/h10-14,19-21H,1-6H3. The Morgan fingerprint density at radius 3 is 1.54 bits per heavy atom. The summed E-state index contributed by atoms with van der Waals surface area (Å²) in [6, 6.07) is 0. The van der Waals surface area contributed by atoms with Crippen molar-refractivity contribution in [2.75, 3.05) is 21.3 Å². The molecule has 0 aromatic carbocycles. The van der Waals surface area contributed by atoms with Crippen molar-refractivity contribution in [2.24, 2.45) is 0 Å². The van der Waals surface area contributed by atoms with Crippen LogP contribution in [0.3, 0.4) is 0 Å². The Labute approximate surface area is 140 Å². The zero-order valence-corrected chi connectivity index (χ0v) is 14.7. The van der Waals surface area contributed by atoms with Gasteiger partial charge in [0.25, 0.3) is 0 Å². The highest BCUT2D eigenvalue weighted by Gasteiger charge is 2.55. The Kier molecular flexibility index (Phi) is 8.83. The zero-order chi connectivity index (χ0) is 19.2. The van der Waals surface area contributed by atoms with Crippen LogP contribution in [0.2, 0.25) is 0 Å². The van der Waals surface area contributed by atoms with Gasteiger partial charge in [-0.2, -0.15) is 0 Å². The Morgan fingerprint density at radius 2 is 1.29 bits per heavy atom. The lowest BCUT2D eigenvalue weighted by Crippen LogP contribution is -2.67. The quantitative estimate of drug-likeness (QED) is 0.396. The van der Waals surface area contributed by atoms with Crippen LogP contribution in [0.4, 0.5) is 0 Å². The van der Waals surface area contributed by atoms with Crippen LogP contribution in [0.5, 0.6) is 0 Å². The van der Waals surface area contributed by atoms with Crippen LogP contribution in [0, 0.1) is 0 Å². The van der Waals surface area contributed by atoms with E-state index in [1.807, 2.05) is 0 Å². The molecular weight excluding hydrogens is 324 g/mol. The van der Waals surface area contributed by atoms with Gasteiger partial charge in [-0.05, 0) is 20.8 Å². The molecule has 6 atom stereocenters. The minimum absolute atomic E-state index is 0.641. The van der Waals surface area contributed by atoms with Gasteiger partial charge in [-0.1, -0.05) is 0 Å². The normalized spacial score (nSPS) is 20.4. The minimum atomic E-state index is -2.66. The number of methoxy groups -OCH3 is 3. The van der Waals surface area contributed by atoms with E-state index in [2.05, 4.69) is 0 Å². The second-order valence-corrected chi connectivity index (χ2v) is 5.51. The summed E-state index contributed by atoms with van der Waals surface area (Å²) in [5, 5.41) is 30.7. The molecular formula is C15H26O9. The fraction of sp³-hybridized carbons (Fsp3) is 0.800. The van der Waals surface area contributed by atoms with E-state index in [1.165, 1.54) is 14.2 Å². The molecule has 9 heteroatoms. The molecule has 0 saturated heterocycles. The molecule has 24 heavy (non-hydrogen) atoms. The number of hydrogen-bond donors (Lipinski definition) is 3. The molecule has 0 radical (unpaired) electrons. The first-order valence-electron chi connectivity index (χ1n) is 7.19. The van der Waals surface area contributed by atoms with Crippen molar-refractivity contribution in [1.29, 1.82) is 0 Å². The van der Waals surface area contributed by atoms with E-state index in [9.17, 15) is 29.7 Å². The van der Waals surface area contributed by atoms with Crippen LogP contribution in [-0.2, 0) is 28.6 Å². The van der Waals surface area contributed by atoms with Crippen LogP contribution < -0.4 is 0 Å². The van der Waals surface area contributed by atoms with Crippen LogP contribution >= 0.6 is 0 Å². The number of Topliss-reactive ketones (excluding diaryl/α,β-unsaturated/α-hetero) is 3. The maximum Gasteiger partial charge on any atom is 0.184 e. The lowest BCUT2D eigenvalue weighted by Gasteiger charge is -2.42. The van der Waals surface area contributed by atoms with E-state index in [0.717, 1.165) is 27.9 Å². The highest BCUT2D eigenvalue weighted by atomic mass is 16.6. The molecule has 0 amide bonds. The van der Waals surface area contributed by atoms with Crippen molar-refractivity contribution >= 4 is 17.3 Å². The van der Waals surface area contributed by atoms with E-state index in [1.54, 1.807) is 0 Å². The molecule has 9 nitrogen and oxygen atoms in total. The van der Waals surface area contributed by atoms with Crippen LogP contribution in [0.15, 0.2) is 0 Å². The van der Waals surface area contributed by atoms with Crippen LogP contribution in [0.25, 0.3) is 0 Å². The van der Waals surface area contributed by atoms with Crippen molar-refractivity contribution in [3.8, 4) is 0 Å². The molecule has 0 fully saturated rings. The van der Waals surface area contributed by atoms with E-state index in [4.69, 9.17) is 14.2 Å². The molecule has 6 unspecified atom stereocenters. The molecule has 0 aliphatic carbocycles. The van der Waals surface area contributed by atoms with Gasteiger partial charge in [0.15, 0.2) is 29.1 Å². The second kappa shape index (κ2) is 9.30. The lowest BCUT2D eigenvalue weighted by atomic mass is 9.79. The van der Waals surface area contributed by atoms with Crippen molar-refractivity contribution in [3.05, 3.63) is 0 Å². The number of ether oxygens (including phenoxy) is 3. The first kappa shape index (κ1) is 22.8. The van der Waals surface area contributed by atoms with E-state index < -0.39 is 53.5 Å². The van der Waals surface area contributed by atoms with Crippen LogP contribution in [-0.4, -0.2) is 90.1 Å². The molecule has 0 heterocycles. The lowest BCUT2D eigenvalue weighted by molar-refractivity contribution is -0.216. The molecule has 0 bridgehead atoms. The van der Waals surface area contributed by atoms with Gasteiger partial charge in [0.05, 0.1) is 0 Å². The molecule has 0 spiro atoms. The smallest absolute Gasteiger partial charge is 0.184 e. The molecule has 0 aliphatic heterocycles. The van der Waals surface area contributed by atoms with Gasteiger partial charge in [0.2, 0.25) is 0 Å². The third-order valence-corrected chi connectivity index (χ3v) is 3.95. The highest BCUT2D eigenvalue weighted by Crippen LogP contribution is 2.28. The number of carbonyl (C=O) groups excluding carboxylic acids is 3. The third kappa shape index (κ3) is 4.44. The first-order valence-corrected chi connectivity index (χ1v) is 7.19. The molecule has 0 rings (SSSR count). The summed E-state index contributed by atoms with van der Waals surface area (Å²) in [6.45, 7) is 3.08. The maximum atomic E-state index is 12.0. The van der Waals surface area contributed by atoms with Crippen LogP contribution in [0.1, 0.15) is 20.8 Å². The van der Waals surface area contributed by atoms with Gasteiger partial charge in [-0.15, -0.1) is 0 Å². The van der Waals surface area contributed by atoms with Gasteiger partial charge in [0.1, 0.15) is 24.4 Å². The fourth-order valence-corrected chi connectivity index (χ4v) is 2.53. The van der Waals surface area contributed by atoms with E-state index in [-0.39, 0.29) is 0 Å². The molecule has 0 aromatic rings. The average molecular weight is 350 g/mol. The topological polar surface area (TPSA) is 140 Å². The zero-order valence-electron chi connectivity index (χ0n) is 14.7. The number of rotatable bonds is 11. The Balaban J connectivity index is 6.08. The average Bonchev–Trinajstić information content (AvgIpc) is 2.52. The van der Waals surface area contributed by atoms with Gasteiger partial charge < -0.3 is 29.5 Å². The Morgan fingerprint density at radius 1 is 0.833 bits per heavy atom. The first-order chi connectivity index (χ1) is 11.0. The van der Waals surface area contributed by atoms with Gasteiger partial charge in [-0.25, -0.2) is 0 Å². The van der Waals surface area contributed by atoms with Crippen molar-refractivity contribution < 1.29 is 43.9 Å². The SMILES string of the molecule is COC(C(O)C(C)=O)C(OC)C(OC)C(O)(C(C)=O)C(O)C(C)=O. The molecule has 0 saturated carbocycles. The fourth-order valence-electron chi connectivity index (χ4n) is 2.53. The summed E-state index contributed by atoms with van der Waals surface area (Å²) in [6.07, 6.45) is -7.99. The molecule has 140 valence electrons. The van der Waals surface area contributed by atoms with Gasteiger partial charge in [-0.3, -0.25) is 14.4 Å². The molecule has 0 aliphatic rings. The predicted octanol–water partition coefficient (Wildman–Crippen LogP) is -1.75. The number of carbonyl (C=O) groups is 3. The summed E-state index contributed by atoms with van der Waals surface area (Å²) in [4.78, 5) is 34.9. The minimum Gasteiger partial charge on any atom is -0.382 e. The number of ketones is 3. The molecule has 3 N–H and O–H groups in total. The van der Waals surface area contributed by atoms with Crippen molar-refractivity contribution in [2.45, 2.75) is 56.9 Å². The number of aliphatic hydroxyl groups is 3. The van der Waals surface area contributed by atoms with Gasteiger partial charge in [0, 0.05) is 21.3 Å². The third-order valence-electron chi connectivity index (χ3n) is 3.95. The maximum absolute atomic E-state index is 12.0. The highest BCUT2D eigenvalue weighted by molar-refractivity contribution is 5.94. The van der Waals surface area contributed by atoms with E-state index in [0.29, 0.717) is 0 Å². The molecule has 0 aromatic heterocycles. The summed E-state index contributed by atoms with van der Waals surface area (Å²) in [7, 11) is 3.48. The monoisotopic (exact) mass is 350 g/mol. The van der Waals surface area contributed by atoms with Gasteiger partial charge >= 0.3 is 0 Å². The van der Waals surface area contributed by atoms with Crippen molar-refractivity contribution in [1.82, 2.24) is 0 Å². The predicted molar refractivity (Wildman–Crippen MR) is 81.4 cm³/mol. The van der Waals surface area contributed by atoms with E-state index >= 15 is 0 Å². The second-order valence-electron chi connectivity index (χ2n) is 5.51. The Hall–Kier alpha value is -1.23. The Bertz CT molecular complexity index is 464. The summed E-state index contributed by atoms with van der Waals surface area (Å²) < 4.78 is 15.3. The summed E-state index contributed by atoms with van der Waals surface area (Å²) in [5.41, 5.74) is -2.66. The summed E-state index contributed by atoms with van der Waals surface area (Å²) in [5.74, 6) is -2.46. The summed E-state index contributed by atoms with van der Waals surface area (Å²) >= 11 is 0. The number of hydrogen-bond acceptors (Lipinski definition) is 9. The van der Waals surface area contributed by atoms with Crippen molar-refractivity contribution in [3.63, 3.8) is 0 Å².